The number of aryl methyl sites for hydroxylation is 1. The number of carbonyl (C=O) groups excluding carboxylic acids is 2. The lowest BCUT2D eigenvalue weighted by molar-refractivity contribution is -0.181. The van der Waals surface area contributed by atoms with Crippen molar-refractivity contribution in [3.05, 3.63) is 29.3 Å². The first-order valence-corrected chi connectivity index (χ1v) is 13.8. The van der Waals surface area contributed by atoms with Gasteiger partial charge >= 0.3 is 0 Å². The number of likely N-dealkylation sites (tertiary alicyclic amines) is 1. The zero-order chi connectivity index (χ0) is 23.0. The molecule has 2 heterocycles. The maximum atomic E-state index is 13.3. The molecule has 4 saturated carbocycles. The smallest absolute Gasteiger partial charge is 0.233 e. The van der Waals surface area contributed by atoms with E-state index >= 15 is 0 Å². The number of hydrogen-bond donors (Lipinski definition) is 1. The summed E-state index contributed by atoms with van der Waals surface area (Å²) in [6.45, 7) is 3.41. The van der Waals surface area contributed by atoms with Gasteiger partial charge in [0, 0.05) is 24.6 Å². The molecule has 35 heavy (non-hydrogen) atoms. The predicted molar refractivity (Wildman–Crippen MR) is 137 cm³/mol. The van der Waals surface area contributed by atoms with Crippen LogP contribution in [0.4, 0.5) is 0 Å². The highest BCUT2D eigenvalue weighted by Gasteiger charge is 2.71. The van der Waals surface area contributed by atoms with Crippen molar-refractivity contribution in [1.82, 2.24) is 10.2 Å². The molecule has 2 aliphatic heterocycles. The van der Waals surface area contributed by atoms with E-state index in [4.69, 9.17) is 4.74 Å². The first kappa shape index (κ1) is 23.8. The maximum Gasteiger partial charge on any atom is 0.233 e. The molecule has 1 N–H and O–H groups in total. The summed E-state index contributed by atoms with van der Waals surface area (Å²) in [6, 6.07) is 6.54. The van der Waals surface area contributed by atoms with Crippen LogP contribution in [0.1, 0.15) is 68.4 Å². The Balaban J connectivity index is 0.00000229. The van der Waals surface area contributed by atoms with E-state index < -0.39 is 0 Å². The second-order valence-corrected chi connectivity index (χ2v) is 12.2. The second kappa shape index (κ2) is 8.76. The van der Waals surface area contributed by atoms with Crippen molar-refractivity contribution in [2.24, 2.45) is 40.9 Å². The van der Waals surface area contributed by atoms with E-state index in [0.717, 1.165) is 49.9 Å². The van der Waals surface area contributed by atoms with Gasteiger partial charge in [0.05, 0.1) is 18.4 Å². The number of rotatable bonds is 6. The molecule has 6 fully saturated rings. The minimum atomic E-state index is -0.382. The molecule has 2 amide bonds. The van der Waals surface area contributed by atoms with Gasteiger partial charge in [-0.2, -0.15) is 0 Å². The molecule has 5 aliphatic carbocycles. The molecule has 6 unspecified atom stereocenters. The molecule has 0 radical (unpaired) electrons. The van der Waals surface area contributed by atoms with Crippen molar-refractivity contribution in [3.63, 3.8) is 0 Å². The highest BCUT2D eigenvalue weighted by molar-refractivity contribution is 6.08. The van der Waals surface area contributed by atoms with Crippen LogP contribution in [-0.4, -0.2) is 43.5 Å². The molecule has 0 aromatic heterocycles. The number of imide groups is 1. The van der Waals surface area contributed by atoms with Crippen LogP contribution >= 0.6 is 12.4 Å². The number of hydrogen-bond acceptors (Lipinski definition) is 4. The molecule has 1 aromatic rings. The van der Waals surface area contributed by atoms with Gasteiger partial charge in [-0.05, 0) is 99.1 Å². The lowest BCUT2D eigenvalue weighted by atomic mass is 9.39. The van der Waals surface area contributed by atoms with E-state index in [9.17, 15) is 9.59 Å². The van der Waals surface area contributed by atoms with Gasteiger partial charge in [0.1, 0.15) is 5.75 Å². The number of halogens is 1. The predicted octanol–water partition coefficient (Wildman–Crippen LogP) is 4.57. The van der Waals surface area contributed by atoms with E-state index in [1.807, 2.05) is 0 Å². The third-order valence-electron chi connectivity index (χ3n) is 11.2. The summed E-state index contributed by atoms with van der Waals surface area (Å²) in [4.78, 5) is 28.8. The molecule has 2 saturated heterocycles. The van der Waals surface area contributed by atoms with E-state index in [0.29, 0.717) is 23.7 Å². The van der Waals surface area contributed by atoms with Crippen molar-refractivity contribution in [1.29, 1.82) is 0 Å². The lowest BCUT2D eigenvalue weighted by Crippen LogP contribution is -2.62. The number of carbonyl (C=O) groups is 2. The van der Waals surface area contributed by atoms with Crippen molar-refractivity contribution in [2.75, 3.05) is 26.7 Å². The van der Waals surface area contributed by atoms with Gasteiger partial charge in [0.15, 0.2) is 0 Å². The molecule has 8 rings (SSSR count). The average molecular weight is 499 g/mol. The summed E-state index contributed by atoms with van der Waals surface area (Å²) < 4.78 is 5.74. The van der Waals surface area contributed by atoms with Crippen LogP contribution in [0, 0.1) is 40.9 Å². The van der Waals surface area contributed by atoms with Crippen LogP contribution in [0.3, 0.4) is 0 Å². The fourth-order valence-electron chi connectivity index (χ4n) is 9.81. The summed E-state index contributed by atoms with van der Waals surface area (Å²) in [7, 11) is 1.80. The Hall–Kier alpha value is -1.59. The maximum absolute atomic E-state index is 13.3. The number of fused-ring (bicyclic) bond motifs is 4. The molecule has 7 aliphatic rings. The van der Waals surface area contributed by atoms with Crippen LogP contribution in [-0.2, 0) is 16.0 Å². The Kier molecular flexibility index (Phi) is 5.95. The van der Waals surface area contributed by atoms with Gasteiger partial charge in [-0.25, -0.2) is 0 Å². The molecular formula is C29H39ClN2O3. The van der Waals surface area contributed by atoms with Crippen LogP contribution in [0.25, 0.3) is 0 Å². The summed E-state index contributed by atoms with van der Waals surface area (Å²) in [5, 5.41) is 2.81. The Labute approximate surface area is 215 Å². The molecule has 0 spiro atoms. The van der Waals surface area contributed by atoms with E-state index in [2.05, 4.69) is 28.4 Å². The molecule has 8 atom stereocenters. The number of methoxy groups -OCH3 is 1. The van der Waals surface area contributed by atoms with Crippen LogP contribution < -0.4 is 10.1 Å². The largest absolute Gasteiger partial charge is 0.496 e. The van der Waals surface area contributed by atoms with E-state index in [-0.39, 0.29) is 35.6 Å². The fraction of sp³-hybridized carbons (Fsp3) is 0.724. The van der Waals surface area contributed by atoms with Crippen LogP contribution in [0.2, 0.25) is 0 Å². The number of nitrogens with one attached hydrogen (secondary N) is 1. The Morgan fingerprint density at radius 2 is 1.86 bits per heavy atom. The molecule has 190 valence electrons. The lowest BCUT2D eigenvalue weighted by Gasteiger charge is -2.63. The van der Waals surface area contributed by atoms with Crippen molar-refractivity contribution < 1.29 is 14.3 Å². The summed E-state index contributed by atoms with van der Waals surface area (Å²) in [6.07, 6.45) is 10.4. The summed E-state index contributed by atoms with van der Waals surface area (Å²) in [5.41, 5.74) is 2.55. The van der Waals surface area contributed by atoms with E-state index in [1.165, 1.54) is 56.2 Å². The van der Waals surface area contributed by atoms with Gasteiger partial charge in [-0.15, -0.1) is 12.4 Å². The zero-order valence-corrected chi connectivity index (χ0v) is 21.7. The van der Waals surface area contributed by atoms with Gasteiger partial charge in [0.2, 0.25) is 11.8 Å². The Morgan fingerprint density at radius 3 is 2.66 bits per heavy atom. The number of nitrogens with zero attached hydrogens (tertiary/aromatic N) is 1. The van der Waals surface area contributed by atoms with Gasteiger partial charge in [-0.3, -0.25) is 14.9 Å². The van der Waals surface area contributed by atoms with Gasteiger partial charge in [0.25, 0.3) is 0 Å². The van der Waals surface area contributed by atoms with Crippen molar-refractivity contribution >= 4 is 24.2 Å². The van der Waals surface area contributed by atoms with Gasteiger partial charge in [-0.1, -0.05) is 18.6 Å². The number of ether oxygens (including phenoxy) is 1. The van der Waals surface area contributed by atoms with Crippen LogP contribution in [0.5, 0.6) is 5.75 Å². The van der Waals surface area contributed by atoms with Crippen LogP contribution in [0.15, 0.2) is 18.2 Å². The Morgan fingerprint density at radius 1 is 1.03 bits per heavy atom. The summed E-state index contributed by atoms with van der Waals surface area (Å²) in [5.74, 6) is 4.85. The monoisotopic (exact) mass is 498 g/mol. The topological polar surface area (TPSA) is 58.6 Å². The minimum absolute atomic E-state index is 0. The average Bonchev–Trinajstić information content (AvgIpc) is 3.35. The minimum Gasteiger partial charge on any atom is -0.496 e. The highest BCUT2D eigenvalue weighted by Crippen LogP contribution is 2.69. The van der Waals surface area contributed by atoms with E-state index in [1.54, 1.807) is 7.11 Å². The number of unbranched alkanes of at least 4 members (excludes halogenated alkanes) is 1. The standard InChI is InChI=1S/C29H38N2O3.ClH/c1-34-24-6-4-5-17-7-8-18-15-31(16-22(18)25(17)24)14-3-2-13-29-23-12-11-21(19-9-10-20(19)23)26(29)27(32)30-28(29)33;/h4-6,18-23,26H,2-3,7-16H2,1H3,(H,30,32,33);1H/t18?,19-,20-,21?,22?,23?,26?,29?;/m1./s1. The first-order chi connectivity index (χ1) is 16.6. The fourth-order valence-corrected chi connectivity index (χ4v) is 9.81. The quantitative estimate of drug-likeness (QED) is 0.461. The summed E-state index contributed by atoms with van der Waals surface area (Å²) >= 11 is 0. The number of benzene rings is 1. The third kappa shape index (κ3) is 3.29. The SMILES string of the molecule is COc1cccc2c1C1CN(CCCCC34C(=O)NC(=O)C3C3CCC4[C@@H]4CC[C@@H]34)CC1CC2.Cl. The van der Waals surface area contributed by atoms with Crippen molar-refractivity contribution in [2.45, 2.75) is 63.7 Å². The normalized spacial score (nSPS) is 40.7. The first-order valence-electron chi connectivity index (χ1n) is 13.8. The molecule has 2 bridgehead atoms. The van der Waals surface area contributed by atoms with Crippen molar-refractivity contribution in [3.8, 4) is 5.75 Å². The Bertz CT molecular complexity index is 1010. The second-order valence-electron chi connectivity index (χ2n) is 12.2. The molecule has 6 heteroatoms. The van der Waals surface area contributed by atoms with Gasteiger partial charge < -0.3 is 9.64 Å². The third-order valence-corrected chi connectivity index (χ3v) is 11.2. The molecule has 1 aromatic carbocycles. The highest BCUT2D eigenvalue weighted by atomic mass is 35.5. The molecular weight excluding hydrogens is 460 g/mol. The number of amides is 2. The molecule has 5 nitrogen and oxygen atoms in total. The zero-order valence-electron chi connectivity index (χ0n) is 20.8.